The SMILES string of the molecule is CC(=O)c1cccc(NCCC(=O)Nc2cccc(C(F)(F)F)c2)c1. The summed E-state index contributed by atoms with van der Waals surface area (Å²) in [6.45, 7) is 1.74. The van der Waals surface area contributed by atoms with E-state index in [1.54, 1.807) is 24.3 Å². The largest absolute Gasteiger partial charge is 0.416 e. The summed E-state index contributed by atoms with van der Waals surface area (Å²) in [5.41, 5.74) is 0.529. The first-order valence-electron chi connectivity index (χ1n) is 7.58. The molecule has 4 nitrogen and oxygen atoms in total. The first-order chi connectivity index (χ1) is 11.8. The Morgan fingerprint density at radius 3 is 2.36 bits per heavy atom. The fourth-order valence-corrected chi connectivity index (χ4v) is 2.17. The number of rotatable bonds is 6. The van der Waals surface area contributed by atoms with E-state index in [4.69, 9.17) is 0 Å². The molecule has 2 N–H and O–H groups in total. The van der Waals surface area contributed by atoms with Crippen LogP contribution in [0.25, 0.3) is 0 Å². The van der Waals surface area contributed by atoms with E-state index in [0.717, 1.165) is 12.1 Å². The molecule has 0 aliphatic rings. The normalized spacial score (nSPS) is 11.0. The highest BCUT2D eigenvalue weighted by Gasteiger charge is 2.30. The van der Waals surface area contributed by atoms with Gasteiger partial charge in [-0.1, -0.05) is 18.2 Å². The van der Waals surface area contributed by atoms with E-state index in [9.17, 15) is 22.8 Å². The molecule has 2 rings (SSSR count). The van der Waals surface area contributed by atoms with Crippen LogP contribution in [0.3, 0.4) is 0 Å². The summed E-state index contributed by atoms with van der Waals surface area (Å²) in [5.74, 6) is -0.472. The Kier molecular flexibility index (Phi) is 5.80. The average molecular weight is 350 g/mol. The number of nitrogens with one attached hydrogen (secondary N) is 2. The lowest BCUT2D eigenvalue weighted by molar-refractivity contribution is -0.137. The van der Waals surface area contributed by atoms with E-state index in [1.807, 2.05) is 0 Å². The van der Waals surface area contributed by atoms with Crippen LogP contribution >= 0.6 is 0 Å². The number of hydrogen-bond donors (Lipinski definition) is 2. The predicted molar refractivity (Wildman–Crippen MR) is 89.6 cm³/mol. The lowest BCUT2D eigenvalue weighted by Crippen LogP contribution is -2.17. The molecule has 0 bridgehead atoms. The number of hydrogen-bond acceptors (Lipinski definition) is 3. The topological polar surface area (TPSA) is 58.2 Å². The van der Waals surface area contributed by atoms with Gasteiger partial charge in [0, 0.05) is 29.9 Å². The second kappa shape index (κ2) is 7.83. The number of carbonyl (C=O) groups excluding carboxylic acids is 2. The fourth-order valence-electron chi connectivity index (χ4n) is 2.17. The smallest absolute Gasteiger partial charge is 0.385 e. The fraction of sp³-hybridized carbons (Fsp3) is 0.222. The Hall–Kier alpha value is -2.83. The van der Waals surface area contributed by atoms with Crippen molar-refractivity contribution in [1.29, 1.82) is 0 Å². The maximum atomic E-state index is 12.6. The molecule has 0 fully saturated rings. The second-order valence-electron chi connectivity index (χ2n) is 5.44. The van der Waals surface area contributed by atoms with Crippen LogP contribution in [0.1, 0.15) is 29.3 Å². The van der Waals surface area contributed by atoms with Gasteiger partial charge in [0.25, 0.3) is 0 Å². The highest BCUT2D eigenvalue weighted by atomic mass is 19.4. The minimum atomic E-state index is -4.45. The molecular formula is C18H17F3N2O2. The van der Waals surface area contributed by atoms with E-state index < -0.39 is 17.6 Å². The summed E-state index contributed by atoms with van der Waals surface area (Å²) in [4.78, 5) is 23.2. The summed E-state index contributed by atoms with van der Waals surface area (Å²) in [5, 5.41) is 5.44. The number of amides is 1. The maximum absolute atomic E-state index is 12.6. The van der Waals surface area contributed by atoms with Crippen molar-refractivity contribution in [2.24, 2.45) is 0 Å². The van der Waals surface area contributed by atoms with Crippen LogP contribution in [-0.4, -0.2) is 18.2 Å². The first kappa shape index (κ1) is 18.5. The molecule has 0 saturated heterocycles. The standard InChI is InChI=1S/C18H17F3N2O2/c1-12(24)13-4-2-6-15(10-13)22-9-8-17(25)23-16-7-3-5-14(11-16)18(19,20)21/h2-7,10-11,22H,8-9H2,1H3,(H,23,25). The molecule has 7 heteroatoms. The van der Waals surface area contributed by atoms with Gasteiger partial charge in [-0.05, 0) is 37.3 Å². The van der Waals surface area contributed by atoms with Crippen LogP contribution < -0.4 is 10.6 Å². The molecule has 2 aromatic rings. The predicted octanol–water partition coefficient (Wildman–Crippen LogP) is 4.35. The monoisotopic (exact) mass is 350 g/mol. The summed E-state index contributed by atoms with van der Waals surface area (Å²) >= 11 is 0. The van der Waals surface area contributed by atoms with Gasteiger partial charge in [-0.3, -0.25) is 9.59 Å². The molecule has 25 heavy (non-hydrogen) atoms. The zero-order chi connectivity index (χ0) is 18.4. The molecule has 0 unspecified atom stereocenters. The average Bonchev–Trinajstić information content (AvgIpc) is 2.54. The summed E-state index contributed by atoms with van der Waals surface area (Å²) in [6.07, 6.45) is -4.38. The third-order valence-corrected chi connectivity index (χ3v) is 3.42. The van der Waals surface area contributed by atoms with Crippen LogP contribution in [0.2, 0.25) is 0 Å². The minimum absolute atomic E-state index is 0.0639. The van der Waals surface area contributed by atoms with Crippen molar-refractivity contribution in [3.63, 3.8) is 0 Å². The lowest BCUT2D eigenvalue weighted by Gasteiger charge is -2.10. The van der Waals surface area contributed by atoms with Crippen LogP contribution in [0.5, 0.6) is 0 Å². The van der Waals surface area contributed by atoms with Gasteiger partial charge < -0.3 is 10.6 Å². The van der Waals surface area contributed by atoms with Gasteiger partial charge in [0.1, 0.15) is 0 Å². The number of benzene rings is 2. The van der Waals surface area contributed by atoms with Gasteiger partial charge in [0.2, 0.25) is 5.91 Å². The van der Waals surface area contributed by atoms with Gasteiger partial charge in [-0.15, -0.1) is 0 Å². The van der Waals surface area contributed by atoms with Crippen molar-refractivity contribution >= 4 is 23.1 Å². The van der Waals surface area contributed by atoms with E-state index in [2.05, 4.69) is 10.6 Å². The Bertz CT molecular complexity index is 773. The van der Waals surface area contributed by atoms with E-state index in [0.29, 0.717) is 11.3 Å². The number of ketones is 1. The molecule has 0 aliphatic heterocycles. The number of halogens is 3. The summed E-state index contributed by atoms with van der Waals surface area (Å²) in [6, 6.07) is 11.3. The molecule has 0 saturated carbocycles. The van der Waals surface area contributed by atoms with Crippen LogP contribution in [-0.2, 0) is 11.0 Å². The highest BCUT2D eigenvalue weighted by molar-refractivity contribution is 5.95. The Morgan fingerprint density at radius 1 is 1.00 bits per heavy atom. The van der Waals surface area contributed by atoms with E-state index in [-0.39, 0.29) is 24.4 Å². The van der Waals surface area contributed by atoms with Crippen molar-refractivity contribution in [3.05, 3.63) is 59.7 Å². The molecular weight excluding hydrogens is 333 g/mol. The van der Waals surface area contributed by atoms with E-state index in [1.165, 1.54) is 19.1 Å². The van der Waals surface area contributed by atoms with Gasteiger partial charge in [-0.25, -0.2) is 0 Å². The minimum Gasteiger partial charge on any atom is -0.385 e. The summed E-state index contributed by atoms with van der Waals surface area (Å²) < 4.78 is 37.9. The van der Waals surface area contributed by atoms with Crippen LogP contribution in [0, 0.1) is 0 Å². The molecule has 0 radical (unpaired) electrons. The Morgan fingerprint density at radius 2 is 1.68 bits per heavy atom. The van der Waals surface area contributed by atoms with Crippen LogP contribution in [0.15, 0.2) is 48.5 Å². The quantitative estimate of drug-likeness (QED) is 0.762. The van der Waals surface area contributed by atoms with Crippen molar-refractivity contribution in [2.75, 3.05) is 17.2 Å². The number of alkyl halides is 3. The van der Waals surface area contributed by atoms with Gasteiger partial charge >= 0.3 is 6.18 Å². The van der Waals surface area contributed by atoms with Crippen molar-refractivity contribution in [1.82, 2.24) is 0 Å². The summed E-state index contributed by atoms with van der Waals surface area (Å²) in [7, 11) is 0. The molecule has 0 heterocycles. The van der Waals surface area contributed by atoms with Crippen molar-refractivity contribution < 1.29 is 22.8 Å². The number of anilines is 2. The molecule has 2 aromatic carbocycles. The molecule has 0 spiro atoms. The Labute approximate surface area is 143 Å². The van der Waals surface area contributed by atoms with Crippen LogP contribution in [0.4, 0.5) is 24.5 Å². The van der Waals surface area contributed by atoms with Crippen molar-refractivity contribution in [3.8, 4) is 0 Å². The maximum Gasteiger partial charge on any atom is 0.416 e. The number of carbonyl (C=O) groups is 2. The molecule has 132 valence electrons. The van der Waals surface area contributed by atoms with Crippen molar-refractivity contribution in [2.45, 2.75) is 19.5 Å². The van der Waals surface area contributed by atoms with E-state index >= 15 is 0 Å². The first-order valence-corrected chi connectivity index (χ1v) is 7.58. The van der Waals surface area contributed by atoms with Gasteiger partial charge in [0.15, 0.2) is 5.78 Å². The lowest BCUT2D eigenvalue weighted by atomic mass is 10.1. The molecule has 1 amide bonds. The molecule has 0 atom stereocenters. The zero-order valence-corrected chi connectivity index (χ0v) is 13.5. The third kappa shape index (κ3) is 5.63. The highest BCUT2D eigenvalue weighted by Crippen LogP contribution is 2.30. The zero-order valence-electron chi connectivity index (χ0n) is 13.5. The third-order valence-electron chi connectivity index (χ3n) is 3.42. The number of Topliss-reactive ketones (excluding diaryl/α,β-unsaturated/α-hetero) is 1. The Balaban J connectivity index is 1.87. The van der Waals surface area contributed by atoms with Gasteiger partial charge in [0.05, 0.1) is 5.56 Å². The van der Waals surface area contributed by atoms with Gasteiger partial charge in [-0.2, -0.15) is 13.2 Å². The second-order valence-corrected chi connectivity index (χ2v) is 5.44. The molecule has 0 aliphatic carbocycles. The molecule has 0 aromatic heterocycles.